The highest BCUT2D eigenvalue weighted by Gasteiger charge is 2.32. The number of carbonyl (C=O) groups is 3. The highest BCUT2D eigenvalue weighted by Crippen LogP contribution is 2.32. The highest BCUT2D eigenvalue weighted by molar-refractivity contribution is 6.34. The van der Waals surface area contributed by atoms with Crippen LogP contribution in [0.25, 0.3) is 0 Å². The molecule has 9 heteroatoms. The quantitative estimate of drug-likeness (QED) is 0.694. The van der Waals surface area contributed by atoms with Crippen LogP contribution in [0.3, 0.4) is 0 Å². The fourth-order valence-corrected chi connectivity index (χ4v) is 4.09. The molecule has 2 N–H and O–H groups in total. The van der Waals surface area contributed by atoms with Gasteiger partial charge >= 0.3 is 0 Å². The van der Waals surface area contributed by atoms with Crippen molar-refractivity contribution in [1.29, 1.82) is 0 Å². The van der Waals surface area contributed by atoms with Crippen LogP contribution in [0.4, 0.5) is 11.4 Å². The Morgan fingerprint density at radius 1 is 1.09 bits per heavy atom. The minimum absolute atomic E-state index is 0.0175. The van der Waals surface area contributed by atoms with E-state index < -0.39 is 0 Å². The summed E-state index contributed by atoms with van der Waals surface area (Å²) in [5.74, 6) is 0.276. The van der Waals surface area contributed by atoms with Gasteiger partial charge in [-0.3, -0.25) is 19.3 Å². The predicted octanol–water partition coefficient (Wildman–Crippen LogP) is 3.15. The number of benzene rings is 2. The number of carbonyl (C=O) groups excluding carboxylic acids is 3. The Morgan fingerprint density at radius 2 is 1.84 bits per heavy atom. The van der Waals surface area contributed by atoms with Gasteiger partial charge in [-0.05, 0) is 24.3 Å². The van der Waals surface area contributed by atoms with E-state index in [1.54, 1.807) is 32.2 Å². The highest BCUT2D eigenvalue weighted by atomic mass is 35.5. The number of para-hydroxylation sites is 1. The summed E-state index contributed by atoms with van der Waals surface area (Å²) in [6, 6.07) is 12.3. The lowest BCUT2D eigenvalue weighted by atomic mass is 10.0. The maximum atomic E-state index is 12.7. The van der Waals surface area contributed by atoms with Gasteiger partial charge in [0.2, 0.25) is 17.7 Å². The molecule has 3 rings (SSSR count). The third kappa shape index (κ3) is 5.77. The van der Waals surface area contributed by atoms with Crippen LogP contribution in [0.2, 0.25) is 5.02 Å². The van der Waals surface area contributed by atoms with Gasteiger partial charge in [0.25, 0.3) is 0 Å². The molecule has 0 radical (unpaired) electrons. The third-order valence-corrected chi connectivity index (χ3v) is 5.61. The standard InChI is InChI=1S/C23H27ClN4O4/c1-15(29)25-17-8-9-20(19(24)12-17)26-23(31)14-27-10-11-28(16(2)30)21(13-27)18-6-4-5-7-22(18)32-3/h4-9,12,21H,10-11,13-14H2,1-3H3,(H,25,29)(H,26,31). The average molecular weight is 459 g/mol. The van der Waals surface area contributed by atoms with Crippen LogP contribution in [0.5, 0.6) is 5.75 Å². The Kier molecular flexibility index (Phi) is 7.71. The molecule has 1 aliphatic heterocycles. The normalized spacial score (nSPS) is 16.4. The molecule has 2 aromatic carbocycles. The first kappa shape index (κ1) is 23.6. The lowest BCUT2D eigenvalue weighted by molar-refractivity contribution is -0.134. The first-order valence-corrected chi connectivity index (χ1v) is 10.7. The largest absolute Gasteiger partial charge is 0.496 e. The second kappa shape index (κ2) is 10.5. The number of amides is 3. The number of anilines is 2. The predicted molar refractivity (Wildman–Crippen MR) is 124 cm³/mol. The summed E-state index contributed by atoms with van der Waals surface area (Å²) in [4.78, 5) is 39.9. The number of hydrogen-bond donors (Lipinski definition) is 2. The first-order valence-electron chi connectivity index (χ1n) is 10.3. The van der Waals surface area contributed by atoms with Crippen molar-refractivity contribution >= 4 is 40.7 Å². The van der Waals surface area contributed by atoms with Gasteiger partial charge in [0.05, 0.1) is 30.4 Å². The summed E-state index contributed by atoms with van der Waals surface area (Å²) in [6.07, 6.45) is 0. The van der Waals surface area contributed by atoms with Crippen molar-refractivity contribution in [2.45, 2.75) is 19.9 Å². The number of hydrogen-bond acceptors (Lipinski definition) is 5. The van der Waals surface area contributed by atoms with Crippen LogP contribution in [0.1, 0.15) is 25.5 Å². The van der Waals surface area contributed by atoms with E-state index in [1.165, 1.54) is 6.92 Å². The summed E-state index contributed by atoms with van der Waals surface area (Å²) in [5.41, 5.74) is 1.93. The smallest absolute Gasteiger partial charge is 0.238 e. The summed E-state index contributed by atoms with van der Waals surface area (Å²) >= 11 is 6.25. The first-order chi connectivity index (χ1) is 15.3. The molecule has 8 nitrogen and oxygen atoms in total. The van der Waals surface area contributed by atoms with Crippen molar-refractivity contribution in [3.8, 4) is 5.75 Å². The number of methoxy groups -OCH3 is 1. The molecular weight excluding hydrogens is 432 g/mol. The molecule has 0 saturated carbocycles. The summed E-state index contributed by atoms with van der Waals surface area (Å²) in [7, 11) is 1.60. The maximum absolute atomic E-state index is 12.7. The molecule has 1 heterocycles. The Hall–Kier alpha value is -3.10. The third-order valence-electron chi connectivity index (χ3n) is 5.30. The number of halogens is 1. The second-order valence-electron chi connectivity index (χ2n) is 7.63. The van der Waals surface area contributed by atoms with Crippen LogP contribution in [0, 0.1) is 0 Å². The molecule has 1 atom stereocenters. The zero-order valence-electron chi connectivity index (χ0n) is 18.4. The number of nitrogens with one attached hydrogen (secondary N) is 2. The maximum Gasteiger partial charge on any atom is 0.238 e. The lowest BCUT2D eigenvalue weighted by Gasteiger charge is -2.41. The van der Waals surface area contributed by atoms with E-state index in [1.807, 2.05) is 34.1 Å². The van der Waals surface area contributed by atoms with Crippen molar-refractivity contribution in [3.05, 3.63) is 53.1 Å². The SMILES string of the molecule is COc1ccccc1C1CN(CC(=O)Nc2ccc(NC(C)=O)cc2Cl)CCN1C(C)=O. The van der Waals surface area contributed by atoms with E-state index >= 15 is 0 Å². The molecular formula is C23H27ClN4O4. The summed E-state index contributed by atoms with van der Waals surface area (Å²) in [6.45, 7) is 4.71. The van der Waals surface area contributed by atoms with Gasteiger partial charge in [0.15, 0.2) is 0 Å². The van der Waals surface area contributed by atoms with E-state index in [9.17, 15) is 14.4 Å². The van der Waals surface area contributed by atoms with E-state index in [0.717, 1.165) is 5.56 Å². The Morgan fingerprint density at radius 3 is 2.50 bits per heavy atom. The Bertz CT molecular complexity index is 1010. The van der Waals surface area contributed by atoms with Gasteiger partial charge in [0.1, 0.15) is 5.75 Å². The number of nitrogens with zero attached hydrogens (tertiary/aromatic N) is 2. The molecule has 2 aromatic rings. The molecule has 0 aromatic heterocycles. The fourth-order valence-electron chi connectivity index (χ4n) is 3.86. The Labute approximate surface area is 192 Å². The van der Waals surface area contributed by atoms with Gasteiger partial charge in [-0.25, -0.2) is 0 Å². The van der Waals surface area contributed by atoms with Gasteiger partial charge in [-0.15, -0.1) is 0 Å². The van der Waals surface area contributed by atoms with Crippen LogP contribution in [-0.4, -0.2) is 60.8 Å². The van der Waals surface area contributed by atoms with Crippen molar-refractivity contribution < 1.29 is 19.1 Å². The molecule has 170 valence electrons. The van der Waals surface area contributed by atoms with E-state index in [4.69, 9.17) is 16.3 Å². The Balaban J connectivity index is 1.69. The van der Waals surface area contributed by atoms with Crippen LogP contribution in [-0.2, 0) is 14.4 Å². The van der Waals surface area contributed by atoms with Crippen LogP contribution in [0.15, 0.2) is 42.5 Å². The molecule has 0 bridgehead atoms. The summed E-state index contributed by atoms with van der Waals surface area (Å²) in [5, 5.41) is 5.80. The molecule has 1 aliphatic rings. The molecule has 1 fully saturated rings. The topological polar surface area (TPSA) is 91.0 Å². The monoisotopic (exact) mass is 458 g/mol. The molecule has 0 aliphatic carbocycles. The van der Waals surface area contributed by atoms with Gasteiger partial charge in [0, 0.05) is 44.7 Å². The van der Waals surface area contributed by atoms with Crippen molar-refractivity contribution in [2.75, 3.05) is 43.9 Å². The lowest BCUT2D eigenvalue weighted by Crippen LogP contribution is -2.51. The van der Waals surface area contributed by atoms with E-state index in [-0.39, 0.29) is 30.3 Å². The number of rotatable bonds is 6. The molecule has 32 heavy (non-hydrogen) atoms. The van der Waals surface area contributed by atoms with E-state index in [2.05, 4.69) is 10.6 Å². The summed E-state index contributed by atoms with van der Waals surface area (Å²) < 4.78 is 5.49. The number of ether oxygens (including phenoxy) is 1. The molecule has 1 saturated heterocycles. The minimum atomic E-state index is -0.217. The average Bonchev–Trinajstić information content (AvgIpc) is 2.75. The van der Waals surface area contributed by atoms with Crippen LogP contribution >= 0.6 is 11.6 Å². The van der Waals surface area contributed by atoms with E-state index in [0.29, 0.717) is 41.8 Å². The second-order valence-corrected chi connectivity index (χ2v) is 8.04. The zero-order chi connectivity index (χ0) is 23.3. The molecule has 1 unspecified atom stereocenters. The van der Waals surface area contributed by atoms with Gasteiger partial charge in [-0.2, -0.15) is 0 Å². The molecule has 0 spiro atoms. The van der Waals surface area contributed by atoms with Crippen molar-refractivity contribution in [2.24, 2.45) is 0 Å². The number of piperazine rings is 1. The van der Waals surface area contributed by atoms with Crippen LogP contribution < -0.4 is 15.4 Å². The van der Waals surface area contributed by atoms with Crippen molar-refractivity contribution in [3.63, 3.8) is 0 Å². The fraction of sp³-hybridized carbons (Fsp3) is 0.348. The minimum Gasteiger partial charge on any atom is -0.496 e. The van der Waals surface area contributed by atoms with Gasteiger partial charge in [-0.1, -0.05) is 29.8 Å². The molecule has 3 amide bonds. The zero-order valence-corrected chi connectivity index (χ0v) is 19.1. The van der Waals surface area contributed by atoms with Gasteiger partial charge < -0.3 is 20.3 Å². The van der Waals surface area contributed by atoms with Crippen molar-refractivity contribution in [1.82, 2.24) is 9.80 Å².